The largest absolute Gasteiger partial charge is 0.495 e. The highest BCUT2D eigenvalue weighted by atomic mass is 16.5. The third-order valence-electron chi connectivity index (χ3n) is 7.69. The van der Waals surface area contributed by atoms with Gasteiger partial charge in [0.05, 0.1) is 40.6 Å². The maximum absolute atomic E-state index is 13.9. The van der Waals surface area contributed by atoms with Gasteiger partial charge in [-0.15, -0.1) is 0 Å². The number of amides is 1. The molecule has 2 aliphatic carbocycles. The molecule has 0 saturated heterocycles. The van der Waals surface area contributed by atoms with Gasteiger partial charge >= 0.3 is 0 Å². The van der Waals surface area contributed by atoms with Crippen LogP contribution in [0.4, 0.5) is 5.69 Å². The molecule has 0 unspecified atom stereocenters. The van der Waals surface area contributed by atoms with E-state index >= 15 is 0 Å². The number of hydrogen-bond acceptors (Lipinski definition) is 4. The summed E-state index contributed by atoms with van der Waals surface area (Å²) in [4.78, 5) is 23.9. The van der Waals surface area contributed by atoms with E-state index in [0.29, 0.717) is 11.4 Å². The number of carbonyl (C=O) groups excluding carboxylic acids is 1. The predicted molar refractivity (Wildman–Crippen MR) is 113 cm³/mol. The number of benzene rings is 2. The number of methoxy groups -OCH3 is 1. The minimum Gasteiger partial charge on any atom is -0.495 e. The van der Waals surface area contributed by atoms with Crippen LogP contribution in [0.2, 0.25) is 0 Å². The van der Waals surface area contributed by atoms with Gasteiger partial charge < -0.3 is 10.1 Å². The fraction of sp³-hybridized carbons (Fsp3) is 0.375. The maximum Gasteiger partial charge on any atom is 0.237 e. The lowest BCUT2D eigenvalue weighted by molar-refractivity contribution is -0.125. The average Bonchev–Trinajstić information content (AvgIpc) is 3.02. The van der Waals surface area contributed by atoms with Gasteiger partial charge in [-0.1, -0.05) is 45.0 Å². The Morgan fingerprint density at radius 3 is 2.24 bits per heavy atom. The molecule has 5 nitrogen and oxygen atoms in total. The summed E-state index contributed by atoms with van der Waals surface area (Å²) in [5, 5.41) is 3.15. The van der Waals surface area contributed by atoms with Gasteiger partial charge in [-0.05, 0) is 42.5 Å². The van der Waals surface area contributed by atoms with Gasteiger partial charge in [-0.2, -0.15) is 0 Å². The molecule has 0 aliphatic heterocycles. The second-order valence-corrected chi connectivity index (χ2v) is 8.93. The van der Waals surface area contributed by atoms with Gasteiger partial charge in [0, 0.05) is 5.41 Å². The highest BCUT2D eigenvalue weighted by Crippen LogP contribution is 2.70. The zero-order valence-electron chi connectivity index (χ0n) is 17.2. The SMILES string of the molecule is COc1ccccc1NC(=O)[C@@]12CC[C@@](C)(c3nc4ccccc4nc31)C2(C)C. The minimum absolute atomic E-state index is 0.0287. The molecule has 1 aromatic heterocycles. The van der Waals surface area contributed by atoms with Crippen LogP contribution in [0.25, 0.3) is 11.0 Å². The van der Waals surface area contributed by atoms with Crippen molar-refractivity contribution in [1.82, 2.24) is 9.97 Å². The first kappa shape index (κ1) is 18.1. The van der Waals surface area contributed by atoms with E-state index in [9.17, 15) is 4.79 Å². The Morgan fingerprint density at radius 1 is 0.931 bits per heavy atom. The second kappa shape index (κ2) is 5.78. The van der Waals surface area contributed by atoms with Gasteiger partial charge in [-0.25, -0.2) is 9.97 Å². The molecule has 2 atom stereocenters. The molecule has 1 amide bonds. The highest BCUT2D eigenvalue weighted by molar-refractivity contribution is 6.02. The van der Waals surface area contributed by atoms with Crippen molar-refractivity contribution < 1.29 is 9.53 Å². The smallest absolute Gasteiger partial charge is 0.237 e. The summed E-state index contributed by atoms with van der Waals surface area (Å²) in [5.74, 6) is 0.623. The Balaban J connectivity index is 1.70. The van der Waals surface area contributed by atoms with Gasteiger partial charge in [0.25, 0.3) is 0 Å². The van der Waals surface area contributed by atoms with E-state index < -0.39 is 5.41 Å². The summed E-state index contributed by atoms with van der Waals surface area (Å²) in [7, 11) is 1.61. The monoisotopic (exact) mass is 387 g/mol. The number of fused-ring (bicyclic) bond motifs is 6. The molecular formula is C24H25N3O2. The van der Waals surface area contributed by atoms with Crippen molar-refractivity contribution in [3.63, 3.8) is 0 Å². The van der Waals surface area contributed by atoms with Gasteiger partial charge in [-0.3, -0.25) is 4.79 Å². The number of rotatable bonds is 3. The number of para-hydroxylation sites is 4. The van der Waals surface area contributed by atoms with Gasteiger partial charge in [0.15, 0.2) is 0 Å². The predicted octanol–water partition coefficient (Wildman–Crippen LogP) is 4.61. The van der Waals surface area contributed by atoms with Crippen LogP contribution in [0.5, 0.6) is 5.75 Å². The van der Waals surface area contributed by atoms with Crippen LogP contribution in [0.3, 0.4) is 0 Å². The minimum atomic E-state index is -0.727. The lowest BCUT2D eigenvalue weighted by Gasteiger charge is -2.39. The molecule has 2 aromatic carbocycles. The Bertz CT molecular complexity index is 1160. The summed E-state index contributed by atoms with van der Waals surface area (Å²) < 4.78 is 5.44. The molecule has 2 bridgehead atoms. The molecule has 5 heteroatoms. The van der Waals surface area contributed by atoms with Gasteiger partial charge in [0.2, 0.25) is 5.91 Å². The third-order valence-corrected chi connectivity index (χ3v) is 7.69. The Morgan fingerprint density at radius 2 is 1.55 bits per heavy atom. The third kappa shape index (κ3) is 2.08. The number of aromatic nitrogens is 2. The molecule has 2 aliphatic rings. The summed E-state index contributed by atoms with van der Waals surface area (Å²) in [6, 6.07) is 15.4. The lowest BCUT2D eigenvalue weighted by atomic mass is 9.63. The van der Waals surface area contributed by atoms with Crippen molar-refractivity contribution in [3.8, 4) is 5.75 Å². The molecule has 1 fully saturated rings. The molecule has 5 rings (SSSR count). The molecule has 0 radical (unpaired) electrons. The summed E-state index contributed by atoms with van der Waals surface area (Å²) in [5.41, 5.74) is 2.97. The van der Waals surface area contributed by atoms with Crippen molar-refractivity contribution >= 4 is 22.6 Å². The molecular weight excluding hydrogens is 362 g/mol. The summed E-state index contributed by atoms with van der Waals surface area (Å²) in [6.07, 6.45) is 1.68. The molecule has 29 heavy (non-hydrogen) atoms. The molecule has 148 valence electrons. The molecule has 1 N–H and O–H groups in total. The van der Waals surface area contributed by atoms with E-state index in [1.807, 2.05) is 48.5 Å². The van der Waals surface area contributed by atoms with Crippen molar-refractivity contribution in [2.24, 2.45) is 5.41 Å². The summed E-state index contributed by atoms with van der Waals surface area (Å²) in [6.45, 7) is 6.62. The fourth-order valence-electron chi connectivity index (χ4n) is 5.53. The topological polar surface area (TPSA) is 64.1 Å². The molecule has 1 heterocycles. The van der Waals surface area contributed by atoms with Crippen molar-refractivity contribution in [3.05, 3.63) is 59.9 Å². The normalized spacial score (nSPS) is 26.3. The molecule has 1 saturated carbocycles. The van der Waals surface area contributed by atoms with Crippen LogP contribution in [0.15, 0.2) is 48.5 Å². The quantitative estimate of drug-likeness (QED) is 0.713. The van der Waals surface area contributed by atoms with Crippen LogP contribution < -0.4 is 10.1 Å². The standard InChI is InChI=1S/C24H25N3O2/c1-22(2)23(3)13-14-24(22,21(28)27-17-11-7-8-12-18(17)29-4)20-19(23)25-15-9-5-6-10-16(15)26-20/h5-12H,13-14H2,1-4H3,(H,27,28)/t23-,24+/m0/s1. The number of anilines is 1. The van der Waals surface area contributed by atoms with Gasteiger partial charge in [0.1, 0.15) is 5.75 Å². The van der Waals surface area contributed by atoms with E-state index in [4.69, 9.17) is 14.7 Å². The van der Waals surface area contributed by atoms with Crippen LogP contribution in [-0.2, 0) is 15.6 Å². The Labute approximate surface area is 170 Å². The zero-order chi connectivity index (χ0) is 20.4. The van der Waals surface area contributed by atoms with Crippen molar-refractivity contribution in [2.45, 2.75) is 44.4 Å². The lowest BCUT2D eigenvalue weighted by Crippen LogP contribution is -2.48. The van der Waals surface area contributed by atoms with E-state index in [2.05, 4.69) is 26.1 Å². The van der Waals surface area contributed by atoms with Crippen LogP contribution in [0.1, 0.15) is 45.0 Å². The van der Waals surface area contributed by atoms with Crippen LogP contribution in [0, 0.1) is 5.41 Å². The Kier molecular flexibility index (Phi) is 3.61. The number of hydrogen-bond donors (Lipinski definition) is 1. The average molecular weight is 387 g/mol. The highest BCUT2D eigenvalue weighted by Gasteiger charge is 2.73. The first-order chi connectivity index (χ1) is 13.8. The Hall–Kier alpha value is -2.95. The zero-order valence-corrected chi connectivity index (χ0v) is 17.2. The van der Waals surface area contributed by atoms with Crippen LogP contribution in [-0.4, -0.2) is 23.0 Å². The second-order valence-electron chi connectivity index (χ2n) is 8.93. The van der Waals surface area contributed by atoms with E-state index in [1.54, 1.807) is 7.11 Å². The summed E-state index contributed by atoms with van der Waals surface area (Å²) >= 11 is 0. The van der Waals surface area contributed by atoms with E-state index in [-0.39, 0.29) is 16.7 Å². The number of nitrogens with zero attached hydrogens (tertiary/aromatic N) is 2. The number of nitrogens with one attached hydrogen (secondary N) is 1. The van der Waals surface area contributed by atoms with E-state index in [1.165, 1.54) is 0 Å². The first-order valence-corrected chi connectivity index (χ1v) is 10.1. The molecule has 0 spiro atoms. The van der Waals surface area contributed by atoms with E-state index in [0.717, 1.165) is 35.3 Å². The first-order valence-electron chi connectivity index (χ1n) is 10.1. The maximum atomic E-state index is 13.9. The van der Waals surface area contributed by atoms with Crippen LogP contribution >= 0.6 is 0 Å². The van der Waals surface area contributed by atoms with Crippen molar-refractivity contribution in [1.29, 1.82) is 0 Å². The number of ether oxygens (including phenoxy) is 1. The fourth-order valence-corrected chi connectivity index (χ4v) is 5.53. The number of carbonyl (C=O) groups is 1. The molecule has 3 aromatic rings. The van der Waals surface area contributed by atoms with Crippen molar-refractivity contribution in [2.75, 3.05) is 12.4 Å².